The topological polar surface area (TPSA) is 113 Å². The standard InChI is InChI=1S/C16H10N10S3/c1-3-7-11(8-4-1)25-13(17-21-23-25)27-15-19-20-16(29-15)28-14-18-22-24-26(14)12-9-5-2-6-10-12/h1-10H. The quantitative estimate of drug-likeness (QED) is 0.392. The highest BCUT2D eigenvalue weighted by Gasteiger charge is 2.16. The van der Waals surface area contributed by atoms with Crippen molar-refractivity contribution in [3.05, 3.63) is 60.7 Å². The number of nitrogens with zero attached hydrogens (tertiary/aromatic N) is 10. The summed E-state index contributed by atoms with van der Waals surface area (Å²) in [5.74, 6) is 0. The molecule has 0 unspecified atom stereocenters. The monoisotopic (exact) mass is 438 g/mol. The maximum atomic E-state index is 4.23. The van der Waals surface area contributed by atoms with Crippen molar-refractivity contribution < 1.29 is 0 Å². The molecule has 0 aliphatic rings. The third kappa shape index (κ3) is 3.87. The van der Waals surface area contributed by atoms with Gasteiger partial charge in [0, 0.05) is 0 Å². The molecule has 5 aromatic rings. The van der Waals surface area contributed by atoms with Crippen molar-refractivity contribution in [1.29, 1.82) is 0 Å². The molecule has 2 aromatic carbocycles. The van der Waals surface area contributed by atoms with Crippen LogP contribution in [0.3, 0.4) is 0 Å². The molecule has 0 aliphatic heterocycles. The Hall–Kier alpha value is -3.16. The minimum absolute atomic E-state index is 0.609. The van der Waals surface area contributed by atoms with E-state index in [0.717, 1.165) is 20.1 Å². The number of benzene rings is 2. The van der Waals surface area contributed by atoms with Gasteiger partial charge in [0.05, 0.1) is 11.4 Å². The molecule has 29 heavy (non-hydrogen) atoms. The fraction of sp³-hybridized carbons (Fsp3) is 0. The Kier molecular flexibility index (Phi) is 4.98. The summed E-state index contributed by atoms with van der Waals surface area (Å²) in [4.78, 5) is 0. The summed E-state index contributed by atoms with van der Waals surface area (Å²) < 4.78 is 4.76. The van der Waals surface area contributed by atoms with E-state index in [0.29, 0.717) is 10.3 Å². The van der Waals surface area contributed by atoms with Crippen LogP contribution in [0.1, 0.15) is 0 Å². The van der Waals surface area contributed by atoms with Gasteiger partial charge < -0.3 is 0 Å². The van der Waals surface area contributed by atoms with Gasteiger partial charge in [-0.05, 0) is 68.6 Å². The molecular weight excluding hydrogens is 428 g/mol. The van der Waals surface area contributed by atoms with Gasteiger partial charge in [0.1, 0.15) is 0 Å². The summed E-state index contributed by atoms with van der Waals surface area (Å²) in [6.07, 6.45) is 0. The average molecular weight is 439 g/mol. The second kappa shape index (κ2) is 8.06. The first-order chi connectivity index (χ1) is 14.4. The molecule has 0 saturated carbocycles. The molecule has 0 amide bonds. The first-order valence-electron chi connectivity index (χ1n) is 8.23. The fourth-order valence-electron chi connectivity index (χ4n) is 2.38. The average Bonchev–Trinajstić information content (AvgIpc) is 3.52. The molecule has 3 aromatic heterocycles. The maximum absolute atomic E-state index is 4.23. The summed E-state index contributed by atoms with van der Waals surface area (Å²) in [6, 6.07) is 19.4. The molecular formula is C16H10N10S3. The molecule has 13 heteroatoms. The molecule has 0 fully saturated rings. The molecule has 0 N–H and O–H groups in total. The maximum Gasteiger partial charge on any atom is 0.221 e. The molecule has 0 spiro atoms. The summed E-state index contributed by atoms with van der Waals surface area (Å²) in [6.45, 7) is 0. The van der Waals surface area contributed by atoms with E-state index < -0.39 is 0 Å². The smallest absolute Gasteiger partial charge is 0.187 e. The van der Waals surface area contributed by atoms with E-state index in [1.54, 1.807) is 9.36 Å². The third-order valence-corrected chi connectivity index (χ3v) is 6.53. The van der Waals surface area contributed by atoms with E-state index in [-0.39, 0.29) is 0 Å². The highest BCUT2D eigenvalue weighted by molar-refractivity contribution is 8.03. The number of tetrazole rings is 2. The van der Waals surface area contributed by atoms with Crippen molar-refractivity contribution >= 4 is 34.9 Å². The summed E-state index contributed by atoms with van der Waals surface area (Å²) in [5.41, 5.74) is 1.75. The Balaban J connectivity index is 1.35. The van der Waals surface area contributed by atoms with Gasteiger partial charge in [0.25, 0.3) is 0 Å². The fourth-order valence-corrected chi connectivity index (χ4v) is 5.20. The Morgan fingerprint density at radius 1 is 0.586 bits per heavy atom. The van der Waals surface area contributed by atoms with E-state index in [9.17, 15) is 0 Å². The normalized spacial score (nSPS) is 11.0. The first-order valence-corrected chi connectivity index (χ1v) is 10.7. The number of hydrogen-bond acceptors (Lipinski definition) is 11. The van der Waals surface area contributed by atoms with Gasteiger partial charge in [-0.1, -0.05) is 47.7 Å². The highest BCUT2D eigenvalue weighted by atomic mass is 32.2. The number of para-hydroxylation sites is 2. The van der Waals surface area contributed by atoms with E-state index in [4.69, 9.17) is 0 Å². The first kappa shape index (κ1) is 17.9. The molecule has 5 rings (SSSR count). The molecule has 142 valence electrons. The largest absolute Gasteiger partial charge is 0.221 e. The zero-order valence-electron chi connectivity index (χ0n) is 14.5. The lowest BCUT2D eigenvalue weighted by molar-refractivity contribution is 0.755. The van der Waals surface area contributed by atoms with Gasteiger partial charge in [-0.15, -0.1) is 20.4 Å². The van der Waals surface area contributed by atoms with Gasteiger partial charge in [0.15, 0.2) is 8.68 Å². The van der Waals surface area contributed by atoms with Gasteiger partial charge in [-0.3, -0.25) is 0 Å². The minimum atomic E-state index is 0.609. The molecule has 0 saturated heterocycles. The summed E-state index contributed by atoms with van der Waals surface area (Å²) >= 11 is 4.12. The van der Waals surface area contributed by atoms with Crippen LogP contribution in [0.4, 0.5) is 0 Å². The van der Waals surface area contributed by atoms with Crippen LogP contribution in [0.15, 0.2) is 79.7 Å². The number of aromatic nitrogens is 10. The van der Waals surface area contributed by atoms with Gasteiger partial charge in [-0.25, -0.2) is 0 Å². The van der Waals surface area contributed by atoms with Crippen LogP contribution in [0.25, 0.3) is 11.4 Å². The summed E-state index contributed by atoms with van der Waals surface area (Å²) in [5, 5.41) is 33.5. The van der Waals surface area contributed by atoms with E-state index in [2.05, 4.69) is 41.2 Å². The lowest BCUT2D eigenvalue weighted by atomic mass is 10.3. The molecule has 3 heterocycles. The SMILES string of the molecule is c1ccc(-n2nnnc2Sc2nnc(Sc3nnnn3-c3ccccc3)s2)cc1. The molecule has 10 nitrogen and oxygen atoms in total. The zero-order chi connectivity index (χ0) is 19.5. The van der Waals surface area contributed by atoms with Gasteiger partial charge in [0.2, 0.25) is 10.3 Å². The minimum Gasteiger partial charge on any atom is -0.187 e. The second-order valence-corrected chi connectivity index (χ2v) is 8.86. The summed E-state index contributed by atoms with van der Waals surface area (Å²) in [7, 11) is 0. The van der Waals surface area contributed by atoms with Crippen LogP contribution in [0, 0.1) is 0 Å². The predicted octanol–water partition coefficient (Wildman–Crippen LogP) is 2.79. The highest BCUT2D eigenvalue weighted by Crippen LogP contribution is 2.35. The Bertz CT molecular complexity index is 1120. The van der Waals surface area contributed by atoms with Crippen LogP contribution >= 0.6 is 34.9 Å². The van der Waals surface area contributed by atoms with E-state index >= 15 is 0 Å². The van der Waals surface area contributed by atoms with E-state index in [1.807, 2.05) is 60.7 Å². The van der Waals surface area contributed by atoms with Gasteiger partial charge in [-0.2, -0.15) is 9.36 Å². The van der Waals surface area contributed by atoms with Crippen molar-refractivity contribution in [2.45, 2.75) is 19.0 Å². The second-order valence-electron chi connectivity index (χ2n) is 5.46. The zero-order valence-corrected chi connectivity index (χ0v) is 16.9. The van der Waals surface area contributed by atoms with Crippen molar-refractivity contribution in [1.82, 2.24) is 50.6 Å². The van der Waals surface area contributed by atoms with Crippen molar-refractivity contribution in [3.8, 4) is 11.4 Å². The van der Waals surface area contributed by atoms with Crippen LogP contribution < -0.4 is 0 Å². The Labute approximate surface area is 176 Å². The molecule has 0 aliphatic carbocycles. The van der Waals surface area contributed by atoms with Crippen LogP contribution in [-0.2, 0) is 0 Å². The Morgan fingerprint density at radius 2 is 1.03 bits per heavy atom. The van der Waals surface area contributed by atoms with E-state index in [1.165, 1.54) is 34.9 Å². The predicted molar refractivity (Wildman–Crippen MR) is 106 cm³/mol. The number of hydrogen-bond donors (Lipinski definition) is 0. The third-order valence-electron chi connectivity index (χ3n) is 3.63. The Morgan fingerprint density at radius 3 is 1.48 bits per heavy atom. The molecule has 0 radical (unpaired) electrons. The van der Waals surface area contributed by atoms with Crippen LogP contribution in [0.5, 0.6) is 0 Å². The lowest BCUT2D eigenvalue weighted by Gasteiger charge is -2.01. The van der Waals surface area contributed by atoms with Gasteiger partial charge >= 0.3 is 0 Å². The van der Waals surface area contributed by atoms with Crippen LogP contribution in [0.2, 0.25) is 0 Å². The van der Waals surface area contributed by atoms with Crippen molar-refractivity contribution in [3.63, 3.8) is 0 Å². The lowest BCUT2D eigenvalue weighted by Crippen LogP contribution is -1.98. The number of rotatable bonds is 6. The van der Waals surface area contributed by atoms with Crippen molar-refractivity contribution in [2.75, 3.05) is 0 Å². The van der Waals surface area contributed by atoms with Crippen molar-refractivity contribution in [2.24, 2.45) is 0 Å². The molecule has 0 bridgehead atoms. The molecule has 0 atom stereocenters. The van der Waals surface area contributed by atoms with Crippen LogP contribution in [-0.4, -0.2) is 50.6 Å².